The number of nitrogens with zero attached hydrogens (tertiary/aromatic N) is 2. The first-order chi connectivity index (χ1) is 10.7. The highest BCUT2D eigenvalue weighted by molar-refractivity contribution is 7.09. The molecule has 0 fully saturated rings. The van der Waals surface area contributed by atoms with Gasteiger partial charge in [-0.05, 0) is 31.5 Å². The Kier molecular flexibility index (Phi) is 6.68. The smallest absolute Gasteiger partial charge is 0.191 e. The molecule has 0 bridgehead atoms. The summed E-state index contributed by atoms with van der Waals surface area (Å²) >= 11 is 7.57. The van der Waals surface area contributed by atoms with Crippen LogP contribution in [0.5, 0.6) is 0 Å². The highest BCUT2D eigenvalue weighted by Crippen LogP contribution is 2.10. The second-order valence-electron chi connectivity index (χ2n) is 4.86. The van der Waals surface area contributed by atoms with Gasteiger partial charge in [0, 0.05) is 29.9 Å². The van der Waals surface area contributed by atoms with Crippen molar-refractivity contribution in [3.8, 4) is 0 Å². The zero-order valence-electron chi connectivity index (χ0n) is 12.9. The van der Waals surface area contributed by atoms with E-state index in [4.69, 9.17) is 11.6 Å². The third-order valence-corrected chi connectivity index (χ3v) is 4.09. The predicted octanol–water partition coefficient (Wildman–Crippen LogP) is 3.40. The fourth-order valence-electron chi connectivity index (χ4n) is 1.93. The molecule has 118 valence electrons. The Labute approximate surface area is 140 Å². The van der Waals surface area contributed by atoms with Gasteiger partial charge in [0.1, 0.15) is 0 Å². The number of benzene rings is 1. The number of aromatic nitrogens is 1. The summed E-state index contributed by atoms with van der Waals surface area (Å²) < 4.78 is 0. The van der Waals surface area contributed by atoms with E-state index >= 15 is 0 Å². The molecule has 0 unspecified atom stereocenters. The van der Waals surface area contributed by atoms with Gasteiger partial charge in [-0.25, -0.2) is 9.98 Å². The van der Waals surface area contributed by atoms with Crippen molar-refractivity contribution in [3.05, 3.63) is 50.9 Å². The zero-order valence-corrected chi connectivity index (χ0v) is 14.5. The molecule has 0 aliphatic carbocycles. The Morgan fingerprint density at radius 3 is 2.68 bits per heavy atom. The van der Waals surface area contributed by atoms with Crippen LogP contribution in [-0.4, -0.2) is 24.0 Å². The number of nitrogens with one attached hydrogen (secondary N) is 2. The first kappa shape index (κ1) is 16.8. The number of hydrogen-bond donors (Lipinski definition) is 2. The lowest BCUT2D eigenvalue weighted by Crippen LogP contribution is -2.38. The lowest BCUT2D eigenvalue weighted by molar-refractivity contribution is 0.790. The molecular weight excluding hydrogens is 316 g/mol. The van der Waals surface area contributed by atoms with Crippen molar-refractivity contribution in [3.63, 3.8) is 0 Å². The molecule has 4 nitrogen and oxygen atoms in total. The molecule has 1 aromatic heterocycles. The van der Waals surface area contributed by atoms with Crippen LogP contribution in [0.2, 0.25) is 5.02 Å². The normalized spacial score (nSPS) is 11.5. The van der Waals surface area contributed by atoms with E-state index in [1.54, 1.807) is 11.3 Å². The van der Waals surface area contributed by atoms with E-state index in [9.17, 15) is 0 Å². The highest BCUT2D eigenvalue weighted by atomic mass is 35.5. The summed E-state index contributed by atoms with van der Waals surface area (Å²) in [4.78, 5) is 9.04. The zero-order chi connectivity index (χ0) is 15.8. The number of halogens is 1. The molecule has 2 aromatic rings. The summed E-state index contributed by atoms with van der Waals surface area (Å²) in [5.74, 6) is 0.824. The van der Waals surface area contributed by atoms with Crippen molar-refractivity contribution in [2.24, 2.45) is 4.99 Å². The van der Waals surface area contributed by atoms with Crippen molar-refractivity contribution >= 4 is 28.9 Å². The molecule has 0 saturated heterocycles. The van der Waals surface area contributed by atoms with E-state index in [1.165, 1.54) is 0 Å². The van der Waals surface area contributed by atoms with Crippen molar-refractivity contribution in [2.75, 3.05) is 13.1 Å². The molecule has 0 aliphatic rings. The number of thiazole rings is 1. The first-order valence-electron chi connectivity index (χ1n) is 7.35. The van der Waals surface area contributed by atoms with E-state index in [2.05, 4.69) is 32.9 Å². The van der Waals surface area contributed by atoms with E-state index in [1.807, 2.05) is 31.2 Å². The molecule has 0 atom stereocenters. The molecule has 0 radical (unpaired) electrons. The summed E-state index contributed by atoms with van der Waals surface area (Å²) in [6, 6.07) is 7.76. The van der Waals surface area contributed by atoms with E-state index in [-0.39, 0.29) is 0 Å². The standard InChI is InChI=1S/C16H21ClN4S/c1-3-18-16(19-9-8-15-11-22-12(2)21-15)20-10-13-4-6-14(17)7-5-13/h4-7,11H,3,8-10H2,1-2H3,(H2,18,19,20). The molecule has 0 amide bonds. The maximum atomic E-state index is 5.89. The lowest BCUT2D eigenvalue weighted by atomic mass is 10.2. The molecule has 1 heterocycles. The summed E-state index contributed by atoms with van der Waals surface area (Å²) in [5.41, 5.74) is 2.26. The molecular formula is C16H21ClN4S. The van der Waals surface area contributed by atoms with Gasteiger partial charge in [0.2, 0.25) is 0 Å². The number of aryl methyl sites for hydroxylation is 1. The van der Waals surface area contributed by atoms with Crippen LogP contribution in [-0.2, 0) is 13.0 Å². The molecule has 2 rings (SSSR count). The van der Waals surface area contributed by atoms with E-state index in [0.717, 1.165) is 46.8 Å². The first-order valence-corrected chi connectivity index (χ1v) is 8.60. The van der Waals surface area contributed by atoms with Gasteiger partial charge in [0.25, 0.3) is 0 Å². The molecule has 0 saturated carbocycles. The molecule has 0 spiro atoms. The molecule has 0 aliphatic heterocycles. The van der Waals surface area contributed by atoms with Crippen LogP contribution in [0, 0.1) is 6.92 Å². The van der Waals surface area contributed by atoms with Gasteiger partial charge in [-0.2, -0.15) is 0 Å². The van der Waals surface area contributed by atoms with Gasteiger partial charge >= 0.3 is 0 Å². The van der Waals surface area contributed by atoms with Crippen molar-refractivity contribution in [1.82, 2.24) is 15.6 Å². The third-order valence-electron chi connectivity index (χ3n) is 3.02. The average Bonchev–Trinajstić information content (AvgIpc) is 2.92. The summed E-state index contributed by atoms with van der Waals surface area (Å²) in [7, 11) is 0. The Balaban J connectivity index is 1.85. The SMILES string of the molecule is CCNC(=NCc1ccc(Cl)cc1)NCCc1csc(C)n1. The summed E-state index contributed by atoms with van der Waals surface area (Å²) in [6.07, 6.45) is 0.899. The molecule has 6 heteroatoms. The number of guanidine groups is 1. The third kappa shape index (κ3) is 5.66. The van der Waals surface area contributed by atoms with Crippen molar-refractivity contribution in [2.45, 2.75) is 26.8 Å². The molecule has 1 aromatic carbocycles. The fraction of sp³-hybridized carbons (Fsp3) is 0.375. The van der Waals surface area contributed by atoms with Crippen molar-refractivity contribution < 1.29 is 0 Å². The van der Waals surface area contributed by atoms with Gasteiger partial charge in [-0.15, -0.1) is 11.3 Å². The van der Waals surface area contributed by atoms with Gasteiger partial charge in [0.15, 0.2) is 5.96 Å². The Hall–Kier alpha value is -1.59. The van der Waals surface area contributed by atoms with Gasteiger partial charge < -0.3 is 10.6 Å². The Morgan fingerprint density at radius 2 is 2.05 bits per heavy atom. The minimum atomic E-state index is 0.627. The van der Waals surface area contributed by atoms with Crippen LogP contribution in [0.25, 0.3) is 0 Å². The maximum Gasteiger partial charge on any atom is 0.191 e. The molecule has 2 N–H and O–H groups in total. The Morgan fingerprint density at radius 1 is 1.27 bits per heavy atom. The van der Waals surface area contributed by atoms with Gasteiger partial charge in [-0.1, -0.05) is 23.7 Å². The second kappa shape index (κ2) is 8.76. The Bertz CT molecular complexity index is 607. The number of rotatable bonds is 6. The number of hydrogen-bond acceptors (Lipinski definition) is 3. The quantitative estimate of drug-likeness (QED) is 0.628. The van der Waals surface area contributed by atoms with E-state index in [0.29, 0.717) is 6.54 Å². The van der Waals surface area contributed by atoms with Crippen LogP contribution in [0.3, 0.4) is 0 Å². The van der Waals surface area contributed by atoms with Crippen LogP contribution >= 0.6 is 22.9 Å². The largest absolute Gasteiger partial charge is 0.357 e. The summed E-state index contributed by atoms with van der Waals surface area (Å²) in [5, 5.41) is 10.6. The van der Waals surface area contributed by atoms with Gasteiger partial charge in [0.05, 0.1) is 17.2 Å². The lowest BCUT2D eigenvalue weighted by Gasteiger charge is -2.10. The van der Waals surface area contributed by atoms with Crippen LogP contribution in [0.4, 0.5) is 0 Å². The minimum absolute atomic E-state index is 0.627. The highest BCUT2D eigenvalue weighted by Gasteiger charge is 2.01. The fourth-order valence-corrected chi connectivity index (χ4v) is 2.71. The maximum absolute atomic E-state index is 5.89. The van der Waals surface area contributed by atoms with Crippen molar-refractivity contribution in [1.29, 1.82) is 0 Å². The minimum Gasteiger partial charge on any atom is -0.357 e. The molecule has 22 heavy (non-hydrogen) atoms. The van der Waals surface area contributed by atoms with E-state index < -0.39 is 0 Å². The average molecular weight is 337 g/mol. The monoisotopic (exact) mass is 336 g/mol. The number of aliphatic imine (C=N–C) groups is 1. The topological polar surface area (TPSA) is 49.3 Å². The predicted molar refractivity (Wildman–Crippen MR) is 94.8 cm³/mol. The summed E-state index contributed by atoms with van der Waals surface area (Å²) in [6.45, 7) is 6.36. The van der Waals surface area contributed by atoms with Gasteiger partial charge in [-0.3, -0.25) is 0 Å². The van der Waals surface area contributed by atoms with Crippen LogP contribution in [0.1, 0.15) is 23.2 Å². The van der Waals surface area contributed by atoms with Crippen LogP contribution in [0.15, 0.2) is 34.6 Å². The van der Waals surface area contributed by atoms with Crippen LogP contribution < -0.4 is 10.6 Å². The second-order valence-corrected chi connectivity index (χ2v) is 6.35.